The quantitative estimate of drug-likeness (QED) is 0.757. The average Bonchev–Trinajstić information content (AvgIpc) is 3.32. The fourth-order valence-electron chi connectivity index (χ4n) is 3.74. The van der Waals surface area contributed by atoms with Crippen molar-refractivity contribution < 1.29 is 23.1 Å². The van der Waals surface area contributed by atoms with Crippen molar-refractivity contribution in [2.24, 2.45) is 0 Å². The molecule has 4 heterocycles. The fourth-order valence-corrected chi connectivity index (χ4v) is 4.35. The summed E-state index contributed by atoms with van der Waals surface area (Å²) < 4.78 is 31.7. The van der Waals surface area contributed by atoms with Gasteiger partial charge in [0.2, 0.25) is 5.95 Å². The molecular weight excluding hydrogens is 431 g/mol. The minimum absolute atomic E-state index is 0.948. The number of nitrogens with zero attached hydrogens (tertiary/aromatic N) is 5. The van der Waals surface area contributed by atoms with Crippen molar-refractivity contribution in [1.29, 1.82) is 0 Å². The number of aliphatic carboxylic acids is 1. The molecule has 0 spiro atoms. The highest BCUT2D eigenvalue weighted by Crippen LogP contribution is 2.23. The Labute approximate surface area is 182 Å². The molecule has 31 heavy (non-hydrogen) atoms. The van der Waals surface area contributed by atoms with Crippen LogP contribution in [0.2, 0.25) is 0 Å². The van der Waals surface area contributed by atoms with E-state index in [1.165, 1.54) is 35.5 Å². The summed E-state index contributed by atoms with van der Waals surface area (Å²) in [6, 6.07) is 0. The zero-order chi connectivity index (χ0) is 22.6. The van der Waals surface area contributed by atoms with E-state index in [1.807, 2.05) is 0 Å². The molecule has 0 aromatic carbocycles. The van der Waals surface area contributed by atoms with Crippen LogP contribution in [0.3, 0.4) is 0 Å². The number of aryl methyl sites for hydroxylation is 2. The molecule has 170 valence electrons. The topological polar surface area (TPSA) is 82.5 Å². The van der Waals surface area contributed by atoms with Crippen LogP contribution in [0.5, 0.6) is 0 Å². The molecule has 0 unspecified atom stereocenters. The van der Waals surface area contributed by atoms with E-state index in [0.717, 1.165) is 56.5 Å². The highest BCUT2D eigenvalue weighted by Gasteiger charge is 2.38. The van der Waals surface area contributed by atoms with Crippen LogP contribution < -0.4 is 4.90 Å². The maximum Gasteiger partial charge on any atom is 0.490 e. The van der Waals surface area contributed by atoms with Gasteiger partial charge in [-0.25, -0.2) is 19.7 Å². The predicted octanol–water partition coefficient (Wildman–Crippen LogP) is 3.38. The lowest BCUT2D eigenvalue weighted by Crippen LogP contribution is -2.26. The first-order chi connectivity index (χ1) is 14.6. The molecule has 0 amide bonds. The summed E-state index contributed by atoms with van der Waals surface area (Å²) in [5.74, 6) is -1.81. The number of anilines is 1. The van der Waals surface area contributed by atoms with Gasteiger partial charge in [-0.2, -0.15) is 13.2 Å². The summed E-state index contributed by atoms with van der Waals surface area (Å²) in [7, 11) is 0. The smallest absolute Gasteiger partial charge is 0.475 e. The summed E-state index contributed by atoms with van der Waals surface area (Å²) in [6.07, 6.45) is -0.492. The monoisotopic (exact) mass is 457 g/mol. The van der Waals surface area contributed by atoms with Gasteiger partial charge in [0.1, 0.15) is 0 Å². The molecule has 1 saturated heterocycles. The first-order valence-corrected chi connectivity index (χ1v) is 11.1. The zero-order valence-electron chi connectivity index (χ0n) is 17.6. The molecule has 0 atom stereocenters. The number of hydrogen-bond acceptors (Lipinski definition) is 7. The summed E-state index contributed by atoms with van der Waals surface area (Å²) in [6.45, 7) is 9.51. The lowest BCUT2D eigenvalue weighted by molar-refractivity contribution is -0.192. The molecule has 2 aliphatic rings. The molecule has 0 saturated carbocycles. The maximum absolute atomic E-state index is 10.6. The number of halogens is 3. The highest BCUT2D eigenvalue weighted by molar-refractivity contribution is 7.09. The van der Waals surface area contributed by atoms with Crippen LogP contribution in [0, 0.1) is 13.8 Å². The van der Waals surface area contributed by atoms with Gasteiger partial charge < -0.3 is 10.0 Å². The normalized spacial score (nSPS) is 17.0. The van der Waals surface area contributed by atoms with E-state index in [9.17, 15) is 13.2 Å². The van der Waals surface area contributed by atoms with E-state index in [-0.39, 0.29) is 0 Å². The summed E-state index contributed by atoms with van der Waals surface area (Å²) >= 11 is 1.74. The Kier molecular flexibility index (Phi) is 7.47. The molecule has 11 heteroatoms. The SMILES string of the molecule is Cc1nc(CN2CCc3nc(N4CCCC4)nc(C)c3CC2)cs1.O=C(O)C(F)(F)F. The zero-order valence-corrected chi connectivity index (χ0v) is 18.4. The van der Waals surface area contributed by atoms with Gasteiger partial charge in [-0.1, -0.05) is 0 Å². The molecule has 0 aliphatic carbocycles. The minimum atomic E-state index is -5.08. The van der Waals surface area contributed by atoms with Gasteiger partial charge in [0.25, 0.3) is 0 Å². The van der Waals surface area contributed by atoms with E-state index in [4.69, 9.17) is 19.9 Å². The number of alkyl halides is 3. The number of hydrogen-bond donors (Lipinski definition) is 1. The van der Waals surface area contributed by atoms with Gasteiger partial charge in [0.15, 0.2) is 0 Å². The Hall–Kier alpha value is -2.27. The third-order valence-electron chi connectivity index (χ3n) is 5.31. The van der Waals surface area contributed by atoms with E-state index in [1.54, 1.807) is 11.3 Å². The number of rotatable bonds is 3. The van der Waals surface area contributed by atoms with Gasteiger partial charge in [-0.15, -0.1) is 11.3 Å². The number of thiazole rings is 1. The Morgan fingerprint density at radius 2 is 1.74 bits per heavy atom. The first kappa shape index (κ1) is 23.4. The maximum atomic E-state index is 10.6. The van der Waals surface area contributed by atoms with Crippen molar-refractivity contribution in [1.82, 2.24) is 19.9 Å². The van der Waals surface area contributed by atoms with Crippen molar-refractivity contribution in [3.05, 3.63) is 33.0 Å². The molecule has 1 fully saturated rings. The molecule has 2 aliphatic heterocycles. The lowest BCUT2D eigenvalue weighted by atomic mass is 10.1. The van der Waals surface area contributed by atoms with Gasteiger partial charge in [-0.3, -0.25) is 4.90 Å². The van der Waals surface area contributed by atoms with Crippen LogP contribution in [0.15, 0.2) is 5.38 Å². The molecule has 0 radical (unpaired) electrons. The third kappa shape index (κ3) is 6.36. The van der Waals surface area contributed by atoms with E-state index >= 15 is 0 Å². The van der Waals surface area contributed by atoms with Crippen molar-refractivity contribution in [3.63, 3.8) is 0 Å². The second kappa shape index (κ2) is 9.90. The molecule has 0 bridgehead atoms. The molecule has 1 N–H and O–H groups in total. The van der Waals surface area contributed by atoms with E-state index in [0.29, 0.717) is 0 Å². The van der Waals surface area contributed by atoms with Gasteiger partial charge in [-0.05, 0) is 38.7 Å². The predicted molar refractivity (Wildman–Crippen MR) is 111 cm³/mol. The van der Waals surface area contributed by atoms with E-state index in [2.05, 4.69) is 34.0 Å². The largest absolute Gasteiger partial charge is 0.490 e. The van der Waals surface area contributed by atoms with Gasteiger partial charge in [0.05, 0.1) is 16.4 Å². The number of aromatic nitrogens is 3. The van der Waals surface area contributed by atoms with Crippen LogP contribution >= 0.6 is 11.3 Å². The van der Waals surface area contributed by atoms with Crippen LogP contribution in [-0.2, 0) is 24.2 Å². The van der Waals surface area contributed by atoms with Crippen molar-refractivity contribution >= 4 is 23.3 Å². The summed E-state index contributed by atoms with van der Waals surface area (Å²) in [4.78, 5) is 28.1. The third-order valence-corrected chi connectivity index (χ3v) is 6.14. The number of carboxylic acid groups (broad SMARTS) is 1. The second-order valence-corrected chi connectivity index (χ2v) is 8.73. The minimum Gasteiger partial charge on any atom is -0.475 e. The lowest BCUT2D eigenvalue weighted by Gasteiger charge is -2.18. The molecule has 4 rings (SSSR count). The standard InChI is InChI=1S/C18H25N5S.C2HF3O2/c1-13-16-5-9-22(11-15-12-24-14(2)20-15)10-6-17(16)21-18(19-13)23-7-3-4-8-23;3-2(4,5)1(6)7/h12H,3-11H2,1-2H3;(H,6,7). The Balaban J connectivity index is 0.000000339. The van der Waals surface area contributed by atoms with Crippen LogP contribution in [0.4, 0.5) is 19.1 Å². The highest BCUT2D eigenvalue weighted by atomic mass is 32.1. The average molecular weight is 458 g/mol. The Bertz CT molecular complexity index is 913. The van der Waals surface area contributed by atoms with E-state index < -0.39 is 12.1 Å². The molecule has 2 aromatic heterocycles. The number of fused-ring (bicyclic) bond motifs is 1. The van der Waals surface area contributed by atoms with Crippen molar-refractivity contribution in [2.75, 3.05) is 31.1 Å². The summed E-state index contributed by atoms with van der Waals surface area (Å²) in [5, 5.41) is 10.5. The molecular formula is C20H26F3N5O2S. The van der Waals surface area contributed by atoms with Gasteiger partial charge in [0, 0.05) is 50.2 Å². The van der Waals surface area contributed by atoms with Crippen molar-refractivity contribution in [3.8, 4) is 0 Å². The fraction of sp³-hybridized carbons (Fsp3) is 0.600. The second-order valence-electron chi connectivity index (χ2n) is 7.67. The Morgan fingerprint density at radius 3 is 2.32 bits per heavy atom. The van der Waals surface area contributed by atoms with Crippen LogP contribution in [0.1, 0.15) is 40.5 Å². The number of carbonyl (C=O) groups is 1. The molecule has 7 nitrogen and oxygen atoms in total. The van der Waals surface area contributed by atoms with Crippen LogP contribution in [-0.4, -0.2) is 63.3 Å². The Morgan fingerprint density at radius 1 is 1.10 bits per heavy atom. The number of carboxylic acids is 1. The van der Waals surface area contributed by atoms with Gasteiger partial charge >= 0.3 is 12.1 Å². The summed E-state index contributed by atoms with van der Waals surface area (Å²) in [5.41, 5.74) is 5.01. The van der Waals surface area contributed by atoms with Crippen LogP contribution in [0.25, 0.3) is 0 Å². The molecule has 2 aromatic rings. The van der Waals surface area contributed by atoms with Crippen molar-refractivity contribution in [2.45, 2.75) is 52.3 Å². The first-order valence-electron chi connectivity index (χ1n) is 10.2.